The number of nitrogens with zero attached hydrogens (tertiary/aromatic N) is 2. The highest BCUT2D eigenvalue weighted by molar-refractivity contribution is 6.30. The Morgan fingerprint density at radius 3 is 1.24 bits per heavy atom. The lowest BCUT2D eigenvalue weighted by molar-refractivity contribution is -0.124. The summed E-state index contributed by atoms with van der Waals surface area (Å²) in [4.78, 5) is 33.6. The molecular weight excluding hydrogens is 673 g/mol. The van der Waals surface area contributed by atoms with Crippen molar-refractivity contribution in [2.24, 2.45) is 0 Å². The van der Waals surface area contributed by atoms with Crippen molar-refractivity contribution < 1.29 is 9.59 Å². The van der Waals surface area contributed by atoms with E-state index in [2.05, 4.69) is 124 Å². The fourth-order valence-electron chi connectivity index (χ4n) is 7.65. The zero-order valence-electron chi connectivity index (χ0n) is 31.4. The van der Waals surface area contributed by atoms with Crippen LogP contribution in [0.4, 0.5) is 0 Å². The highest BCUT2D eigenvalue weighted by Crippen LogP contribution is 2.47. The molecule has 0 saturated carbocycles. The number of aryl methyl sites for hydroxylation is 3. The van der Waals surface area contributed by atoms with Crippen LogP contribution >= 0.6 is 0 Å². The van der Waals surface area contributed by atoms with E-state index in [1.807, 2.05) is 77.7 Å². The maximum absolute atomic E-state index is 15.0. The van der Waals surface area contributed by atoms with E-state index >= 15 is 4.79 Å². The van der Waals surface area contributed by atoms with E-state index in [4.69, 9.17) is 0 Å². The van der Waals surface area contributed by atoms with Crippen molar-refractivity contribution >= 4 is 47.5 Å². The van der Waals surface area contributed by atoms with Gasteiger partial charge in [0.25, 0.3) is 11.8 Å². The van der Waals surface area contributed by atoms with Crippen LogP contribution in [0.3, 0.4) is 0 Å². The number of amides is 2. The van der Waals surface area contributed by atoms with Crippen molar-refractivity contribution in [3.8, 4) is 0 Å². The number of benzene rings is 6. The summed E-state index contributed by atoms with van der Waals surface area (Å²) in [7, 11) is 0. The minimum absolute atomic E-state index is 0.166. The van der Waals surface area contributed by atoms with Gasteiger partial charge in [0.1, 0.15) is 0 Å². The van der Waals surface area contributed by atoms with Crippen LogP contribution in [0.1, 0.15) is 61.2 Å². The number of rotatable bonds is 10. The van der Waals surface area contributed by atoms with Gasteiger partial charge in [-0.1, -0.05) is 193 Å². The molecule has 0 unspecified atom stereocenters. The van der Waals surface area contributed by atoms with Crippen LogP contribution in [0.25, 0.3) is 35.7 Å². The first-order valence-electron chi connectivity index (χ1n) is 18.7. The number of fused-ring (bicyclic) bond motifs is 1. The first kappa shape index (κ1) is 35.3. The van der Waals surface area contributed by atoms with Gasteiger partial charge in [0.15, 0.2) is 0 Å². The lowest BCUT2D eigenvalue weighted by Crippen LogP contribution is -2.29. The first-order chi connectivity index (χ1) is 26.8. The van der Waals surface area contributed by atoms with E-state index in [-0.39, 0.29) is 11.8 Å². The summed E-state index contributed by atoms with van der Waals surface area (Å²) in [5.41, 5.74) is 13.5. The second-order valence-corrected chi connectivity index (χ2v) is 14.4. The molecule has 2 aliphatic heterocycles. The Hall–Kier alpha value is -6.78. The van der Waals surface area contributed by atoms with Crippen LogP contribution in [0, 0.1) is 20.8 Å². The summed E-state index contributed by atoms with van der Waals surface area (Å²) in [5, 5.41) is 0. The number of hydrogen-bond donors (Lipinski definition) is 0. The maximum Gasteiger partial charge on any atom is 0.261 e. The van der Waals surface area contributed by atoms with Crippen LogP contribution in [0.2, 0.25) is 0 Å². The Morgan fingerprint density at radius 1 is 0.400 bits per heavy atom. The van der Waals surface area contributed by atoms with Crippen molar-refractivity contribution in [1.29, 1.82) is 0 Å². The third-order valence-corrected chi connectivity index (χ3v) is 10.1. The molecule has 55 heavy (non-hydrogen) atoms. The average Bonchev–Trinajstić information content (AvgIpc) is 3.63. The smallest absolute Gasteiger partial charge is 0.261 e. The van der Waals surface area contributed by atoms with Crippen molar-refractivity contribution in [2.75, 3.05) is 0 Å². The Balaban J connectivity index is 1.25. The minimum Gasteiger partial charge on any atom is -0.302 e. The van der Waals surface area contributed by atoms with E-state index in [0.717, 1.165) is 61.2 Å². The molecule has 0 spiro atoms. The van der Waals surface area contributed by atoms with Crippen molar-refractivity contribution in [3.05, 3.63) is 224 Å². The number of hydrogen-bond acceptors (Lipinski definition) is 2. The molecule has 6 aromatic carbocycles. The van der Waals surface area contributed by atoms with Gasteiger partial charge in [-0.15, -0.1) is 0 Å². The van der Waals surface area contributed by atoms with Gasteiger partial charge in [0, 0.05) is 0 Å². The zero-order valence-corrected chi connectivity index (χ0v) is 31.4. The molecular formula is C51H42N2O2. The van der Waals surface area contributed by atoms with Crippen molar-refractivity contribution in [1.82, 2.24) is 9.80 Å². The summed E-state index contributed by atoms with van der Waals surface area (Å²) < 4.78 is 0. The molecule has 2 heterocycles. The number of carbonyl (C=O) groups excluding carboxylic acids is 2. The van der Waals surface area contributed by atoms with E-state index in [1.165, 1.54) is 0 Å². The quantitative estimate of drug-likeness (QED) is 0.133. The topological polar surface area (TPSA) is 40.6 Å². The zero-order chi connectivity index (χ0) is 37.9. The average molecular weight is 715 g/mol. The predicted molar refractivity (Wildman–Crippen MR) is 226 cm³/mol. The molecule has 4 nitrogen and oxygen atoms in total. The fourth-order valence-corrected chi connectivity index (χ4v) is 7.65. The van der Waals surface area contributed by atoms with Gasteiger partial charge >= 0.3 is 0 Å². The second kappa shape index (κ2) is 15.3. The monoisotopic (exact) mass is 714 g/mol. The second-order valence-electron chi connectivity index (χ2n) is 14.4. The molecule has 0 bridgehead atoms. The maximum atomic E-state index is 15.0. The lowest BCUT2D eigenvalue weighted by Gasteiger charge is -2.26. The van der Waals surface area contributed by atoms with Gasteiger partial charge in [0.2, 0.25) is 0 Å². The first-order valence-corrected chi connectivity index (χ1v) is 18.7. The van der Waals surface area contributed by atoms with Crippen molar-refractivity contribution in [3.63, 3.8) is 0 Å². The van der Waals surface area contributed by atoms with Gasteiger partial charge in [-0.25, -0.2) is 0 Å². The Bertz CT molecular complexity index is 2500. The minimum atomic E-state index is -0.168. The normalized spacial score (nSPS) is 14.3. The van der Waals surface area contributed by atoms with Crippen LogP contribution in [-0.2, 0) is 22.7 Å². The summed E-state index contributed by atoms with van der Waals surface area (Å²) in [5.74, 6) is -0.334. The molecule has 0 saturated heterocycles. The van der Waals surface area contributed by atoms with E-state index in [9.17, 15) is 4.79 Å². The largest absolute Gasteiger partial charge is 0.302 e. The highest BCUT2D eigenvalue weighted by atomic mass is 16.2. The third kappa shape index (κ3) is 7.53. The predicted octanol–water partition coefficient (Wildman–Crippen LogP) is 11.2. The van der Waals surface area contributed by atoms with Crippen LogP contribution < -0.4 is 0 Å². The third-order valence-electron chi connectivity index (χ3n) is 10.1. The van der Waals surface area contributed by atoms with E-state index in [1.54, 1.807) is 4.90 Å². The molecule has 0 aliphatic carbocycles. The highest BCUT2D eigenvalue weighted by Gasteiger charge is 2.48. The molecule has 6 aromatic rings. The van der Waals surface area contributed by atoms with Crippen LogP contribution in [0.5, 0.6) is 0 Å². The van der Waals surface area contributed by atoms with E-state index in [0.29, 0.717) is 35.6 Å². The SMILES string of the molecule is Cc1cccc(CN2C(=O)C3=C(c4ccc(/C=C\c5ccccc5)cc4)N(Cc4cc(C)cc(C)c4)C(=O)C3=C2c2ccc(/C=C\c3ccccc3)cc2)c1. The summed E-state index contributed by atoms with van der Waals surface area (Å²) in [6.07, 6.45) is 8.33. The molecule has 0 atom stereocenters. The molecule has 8 rings (SSSR count). The van der Waals surface area contributed by atoms with E-state index < -0.39 is 0 Å². The van der Waals surface area contributed by atoms with Gasteiger partial charge in [-0.2, -0.15) is 0 Å². The Kier molecular flexibility index (Phi) is 9.80. The Labute approximate surface area is 323 Å². The van der Waals surface area contributed by atoms with Crippen LogP contribution in [0.15, 0.2) is 163 Å². The lowest BCUT2D eigenvalue weighted by atomic mass is 10.0. The fraction of sp³-hybridized carbons (Fsp3) is 0.0980. The molecule has 0 N–H and O–H groups in total. The number of carbonyl (C=O) groups is 2. The molecule has 2 aliphatic rings. The summed E-state index contributed by atoms with van der Waals surface area (Å²) >= 11 is 0. The summed E-state index contributed by atoms with van der Waals surface area (Å²) in [6, 6.07) is 51.3. The molecule has 0 aromatic heterocycles. The van der Waals surface area contributed by atoms with Gasteiger partial charge in [0.05, 0.1) is 35.6 Å². The molecule has 0 radical (unpaired) electrons. The Morgan fingerprint density at radius 2 is 0.800 bits per heavy atom. The standard InChI is InChI=1S/C51H42N2O2/c1-35-11-10-16-42(30-35)33-52-48(44-25-21-40(22-26-44)19-17-38-12-6-4-7-13-38)46-47(50(52)54)49(53(51(46)55)34-43-31-36(2)29-37(3)32-43)45-27-23-41(24-28-45)20-18-39-14-8-5-9-15-39/h4-32H,33-34H2,1-3H3/b19-17-,20-18-. The van der Waals surface area contributed by atoms with Crippen molar-refractivity contribution in [2.45, 2.75) is 33.9 Å². The molecule has 4 heteroatoms. The van der Waals surface area contributed by atoms with Gasteiger partial charge in [-0.3, -0.25) is 9.59 Å². The summed E-state index contributed by atoms with van der Waals surface area (Å²) in [6.45, 7) is 6.90. The van der Waals surface area contributed by atoms with Gasteiger partial charge in [-0.05, 0) is 65.3 Å². The van der Waals surface area contributed by atoms with Crippen LogP contribution in [-0.4, -0.2) is 21.6 Å². The van der Waals surface area contributed by atoms with Gasteiger partial charge < -0.3 is 9.80 Å². The molecule has 2 amide bonds. The molecule has 0 fully saturated rings. The molecule has 268 valence electrons.